The Bertz CT molecular complexity index is 1070. The molecule has 0 amide bonds. The predicted octanol–water partition coefficient (Wildman–Crippen LogP) is 5.84. The van der Waals surface area contributed by atoms with Crippen LogP contribution < -0.4 is 0 Å². The summed E-state index contributed by atoms with van der Waals surface area (Å²) >= 11 is 0. The van der Waals surface area contributed by atoms with Crippen LogP contribution >= 0.6 is 0 Å². The zero-order valence-electron chi connectivity index (χ0n) is 12.9. The molecule has 108 valence electrons. The van der Waals surface area contributed by atoms with Crippen LogP contribution in [0.2, 0.25) is 0 Å². The molecular formula is C22H15N. The summed E-state index contributed by atoms with van der Waals surface area (Å²) in [4.78, 5) is 0. The Morgan fingerprint density at radius 3 is 1.96 bits per heavy atom. The normalized spacial score (nSPS) is 10.8. The molecule has 0 aliphatic rings. The number of aryl methyl sites for hydroxylation is 1. The second-order valence-electron chi connectivity index (χ2n) is 5.92. The van der Waals surface area contributed by atoms with Gasteiger partial charge >= 0.3 is 0 Å². The van der Waals surface area contributed by atoms with E-state index in [1.807, 2.05) is 24.3 Å². The van der Waals surface area contributed by atoms with Gasteiger partial charge in [0.05, 0.1) is 11.6 Å². The molecule has 0 saturated carbocycles. The van der Waals surface area contributed by atoms with Gasteiger partial charge in [-0.15, -0.1) is 0 Å². The van der Waals surface area contributed by atoms with Gasteiger partial charge < -0.3 is 0 Å². The number of hydrogen-bond acceptors (Lipinski definition) is 1. The van der Waals surface area contributed by atoms with Crippen LogP contribution in [0.3, 0.4) is 0 Å². The molecule has 0 aromatic heterocycles. The average molecular weight is 293 g/mol. The van der Waals surface area contributed by atoms with Crippen molar-refractivity contribution in [2.24, 2.45) is 0 Å². The maximum absolute atomic E-state index is 8.91. The highest BCUT2D eigenvalue weighted by atomic mass is 14.2. The van der Waals surface area contributed by atoms with Gasteiger partial charge in [0, 0.05) is 0 Å². The summed E-state index contributed by atoms with van der Waals surface area (Å²) < 4.78 is 0. The Hall–Kier alpha value is -3.11. The van der Waals surface area contributed by atoms with E-state index < -0.39 is 0 Å². The van der Waals surface area contributed by atoms with Gasteiger partial charge in [-0.25, -0.2) is 0 Å². The molecule has 0 aliphatic carbocycles. The van der Waals surface area contributed by atoms with Gasteiger partial charge in [-0.2, -0.15) is 5.26 Å². The van der Waals surface area contributed by atoms with Crippen molar-refractivity contribution in [2.75, 3.05) is 0 Å². The molecule has 1 heteroatoms. The molecule has 0 heterocycles. The first-order valence-electron chi connectivity index (χ1n) is 7.68. The fourth-order valence-electron chi connectivity index (χ4n) is 3.11. The number of benzene rings is 4. The van der Waals surface area contributed by atoms with Gasteiger partial charge in [0.2, 0.25) is 0 Å². The van der Waals surface area contributed by atoms with Crippen LogP contribution in [0, 0.1) is 18.3 Å². The Balaban J connectivity index is 1.89. The van der Waals surface area contributed by atoms with E-state index in [9.17, 15) is 0 Å². The van der Waals surface area contributed by atoms with Crippen LogP contribution in [0.4, 0.5) is 0 Å². The highest BCUT2D eigenvalue weighted by Gasteiger charge is 2.04. The summed E-state index contributed by atoms with van der Waals surface area (Å²) in [5, 5.41) is 14.0. The summed E-state index contributed by atoms with van der Waals surface area (Å²) in [5.41, 5.74) is 4.28. The molecule has 0 bridgehead atoms. The third kappa shape index (κ3) is 2.35. The van der Waals surface area contributed by atoms with Crippen LogP contribution in [0.15, 0.2) is 72.8 Å². The van der Waals surface area contributed by atoms with E-state index in [2.05, 4.69) is 61.5 Å². The molecule has 0 saturated heterocycles. The number of fused-ring (bicyclic) bond motifs is 3. The number of rotatable bonds is 1. The minimum atomic E-state index is 0.691. The summed E-state index contributed by atoms with van der Waals surface area (Å²) in [6.07, 6.45) is 0. The van der Waals surface area contributed by atoms with Crippen LogP contribution in [-0.2, 0) is 0 Å². The van der Waals surface area contributed by atoms with Gasteiger partial charge in [0.15, 0.2) is 0 Å². The first-order chi connectivity index (χ1) is 11.2. The molecule has 0 unspecified atom stereocenters. The van der Waals surface area contributed by atoms with E-state index in [0.29, 0.717) is 5.56 Å². The number of hydrogen-bond donors (Lipinski definition) is 0. The molecule has 4 aromatic rings. The van der Waals surface area contributed by atoms with Gasteiger partial charge in [-0.05, 0) is 57.8 Å². The van der Waals surface area contributed by atoms with E-state index in [4.69, 9.17) is 5.26 Å². The SMILES string of the molecule is Cc1ccc2c(ccc3cc(-c4ccc(C#N)cc4)ccc32)c1. The van der Waals surface area contributed by atoms with Crippen LogP contribution in [0.5, 0.6) is 0 Å². The van der Waals surface area contributed by atoms with Crippen molar-refractivity contribution in [2.45, 2.75) is 6.92 Å². The van der Waals surface area contributed by atoms with Crippen molar-refractivity contribution in [3.8, 4) is 17.2 Å². The second-order valence-corrected chi connectivity index (χ2v) is 5.92. The lowest BCUT2D eigenvalue weighted by atomic mass is 9.96. The Kier molecular flexibility index (Phi) is 3.10. The van der Waals surface area contributed by atoms with E-state index in [-0.39, 0.29) is 0 Å². The third-order valence-electron chi connectivity index (χ3n) is 4.34. The van der Waals surface area contributed by atoms with Gasteiger partial charge in [0.25, 0.3) is 0 Å². The van der Waals surface area contributed by atoms with Crippen molar-refractivity contribution < 1.29 is 0 Å². The van der Waals surface area contributed by atoms with Crippen LogP contribution in [-0.4, -0.2) is 0 Å². The topological polar surface area (TPSA) is 23.8 Å². The minimum absolute atomic E-state index is 0.691. The quantitative estimate of drug-likeness (QED) is 0.404. The zero-order chi connectivity index (χ0) is 15.8. The van der Waals surface area contributed by atoms with E-state index >= 15 is 0 Å². The second kappa shape index (κ2) is 5.26. The summed E-state index contributed by atoms with van der Waals surface area (Å²) in [5.74, 6) is 0. The fraction of sp³-hybridized carbons (Fsp3) is 0.0455. The highest BCUT2D eigenvalue weighted by Crippen LogP contribution is 2.30. The third-order valence-corrected chi connectivity index (χ3v) is 4.34. The van der Waals surface area contributed by atoms with E-state index in [1.54, 1.807) is 0 Å². The lowest BCUT2D eigenvalue weighted by Gasteiger charge is -2.08. The van der Waals surface area contributed by atoms with Crippen molar-refractivity contribution in [1.82, 2.24) is 0 Å². The molecule has 0 spiro atoms. The minimum Gasteiger partial charge on any atom is -0.192 e. The summed E-state index contributed by atoms with van der Waals surface area (Å²) in [7, 11) is 0. The fourth-order valence-corrected chi connectivity index (χ4v) is 3.11. The standard InChI is InChI=1S/C22H15N/c1-15-2-10-21-19(12-15)7-8-20-13-18(9-11-22(20)21)17-5-3-16(14-23)4-6-17/h2-13H,1H3. The molecule has 23 heavy (non-hydrogen) atoms. The first kappa shape index (κ1) is 13.5. The molecule has 0 atom stereocenters. The first-order valence-corrected chi connectivity index (χ1v) is 7.68. The molecule has 1 nitrogen and oxygen atoms in total. The zero-order valence-corrected chi connectivity index (χ0v) is 12.9. The Morgan fingerprint density at radius 2 is 1.26 bits per heavy atom. The maximum Gasteiger partial charge on any atom is 0.0991 e. The van der Waals surface area contributed by atoms with Crippen LogP contribution in [0.25, 0.3) is 32.7 Å². The van der Waals surface area contributed by atoms with Gasteiger partial charge in [-0.3, -0.25) is 0 Å². The molecule has 0 aliphatic heterocycles. The predicted molar refractivity (Wildman–Crippen MR) is 96.3 cm³/mol. The Morgan fingerprint density at radius 1 is 0.652 bits per heavy atom. The van der Waals surface area contributed by atoms with Crippen molar-refractivity contribution in [3.63, 3.8) is 0 Å². The summed E-state index contributed by atoms with van der Waals surface area (Å²) in [6.45, 7) is 2.12. The molecule has 4 rings (SSSR count). The molecular weight excluding hydrogens is 278 g/mol. The van der Waals surface area contributed by atoms with Crippen molar-refractivity contribution in [1.29, 1.82) is 5.26 Å². The van der Waals surface area contributed by atoms with Gasteiger partial charge in [-0.1, -0.05) is 60.2 Å². The van der Waals surface area contributed by atoms with E-state index in [0.717, 1.165) is 5.56 Å². The lowest BCUT2D eigenvalue weighted by Crippen LogP contribution is -1.83. The van der Waals surface area contributed by atoms with E-state index in [1.165, 1.54) is 32.7 Å². The van der Waals surface area contributed by atoms with Crippen LogP contribution in [0.1, 0.15) is 11.1 Å². The molecule has 0 N–H and O–H groups in total. The largest absolute Gasteiger partial charge is 0.192 e. The number of nitriles is 1. The highest BCUT2D eigenvalue weighted by molar-refractivity contribution is 6.08. The molecule has 0 fully saturated rings. The molecule has 4 aromatic carbocycles. The molecule has 0 radical (unpaired) electrons. The summed E-state index contributed by atoms with van der Waals surface area (Å²) in [6, 6.07) is 27.4. The van der Waals surface area contributed by atoms with Crippen molar-refractivity contribution >= 4 is 21.5 Å². The van der Waals surface area contributed by atoms with Gasteiger partial charge in [0.1, 0.15) is 0 Å². The van der Waals surface area contributed by atoms with Crippen molar-refractivity contribution in [3.05, 3.63) is 83.9 Å². The number of nitrogens with zero attached hydrogens (tertiary/aromatic N) is 1. The maximum atomic E-state index is 8.91. The lowest BCUT2D eigenvalue weighted by molar-refractivity contribution is 1.48. The smallest absolute Gasteiger partial charge is 0.0991 e. The Labute approximate surface area is 135 Å². The average Bonchev–Trinajstić information content (AvgIpc) is 2.61. The monoisotopic (exact) mass is 293 g/mol.